The lowest BCUT2D eigenvalue weighted by Crippen LogP contribution is -2.25. The van der Waals surface area contributed by atoms with Crippen LogP contribution in [0.2, 0.25) is 0 Å². The van der Waals surface area contributed by atoms with Gasteiger partial charge in [-0.15, -0.1) is 0 Å². The Morgan fingerprint density at radius 1 is 0.324 bits per heavy atom. The van der Waals surface area contributed by atoms with Gasteiger partial charge in [0.25, 0.3) is 0 Å². The zero-order chi connectivity index (χ0) is 44.8. The number of hydrogen-bond donors (Lipinski definition) is 0. The highest BCUT2D eigenvalue weighted by atomic mass is 15.1. The standard InChI is InChI=1S/C64H40N4/c1-4-19-41(20-5-1)61-51-38-37-44(40-57(51)65-62(67-61)42-21-6-2-7-22-42)48-30-18-34-55-60(48)50-28-11-13-32-53(50)64(55)52-31-12-10-27-49(52)59-47(29-17-33-54(59)64)43-23-16-24-45(39-43)63-66-56-35-14-15-36-58(56)68(63)46-25-8-3-9-26-46/h1-40H. The quantitative estimate of drug-likeness (QED) is 0.167. The van der Waals surface area contributed by atoms with Gasteiger partial charge in [-0.1, -0.05) is 200 Å². The lowest BCUT2D eigenvalue weighted by Gasteiger charge is -2.30. The molecule has 68 heavy (non-hydrogen) atoms. The average molecular weight is 865 g/mol. The van der Waals surface area contributed by atoms with E-state index in [9.17, 15) is 0 Å². The van der Waals surface area contributed by atoms with Crippen LogP contribution in [0.15, 0.2) is 243 Å². The van der Waals surface area contributed by atoms with E-state index in [0.29, 0.717) is 5.82 Å². The van der Waals surface area contributed by atoms with Crippen molar-refractivity contribution in [2.75, 3.05) is 0 Å². The first kappa shape index (κ1) is 38.3. The molecule has 0 aliphatic heterocycles. The van der Waals surface area contributed by atoms with Gasteiger partial charge in [0.05, 0.1) is 27.7 Å². The van der Waals surface area contributed by atoms with E-state index in [-0.39, 0.29) is 0 Å². The second kappa shape index (κ2) is 15.0. The molecule has 0 amide bonds. The molecule has 0 fully saturated rings. The number of nitrogens with zero attached hydrogens (tertiary/aromatic N) is 4. The van der Waals surface area contributed by atoms with E-state index in [1.165, 1.54) is 55.6 Å². The zero-order valence-electron chi connectivity index (χ0n) is 36.9. The number of fused-ring (bicyclic) bond motifs is 12. The summed E-state index contributed by atoms with van der Waals surface area (Å²) >= 11 is 0. The maximum atomic E-state index is 5.26. The average Bonchev–Trinajstić information content (AvgIpc) is 4.06. The van der Waals surface area contributed by atoms with E-state index in [1.807, 2.05) is 18.2 Å². The maximum Gasteiger partial charge on any atom is 0.160 e. The number of imidazole rings is 1. The number of hydrogen-bond acceptors (Lipinski definition) is 3. The minimum absolute atomic E-state index is 0.539. The zero-order valence-corrected chi connectivity index (χ0v) is 36.9. The minimum atomic E-state index is -0.539. The van der Waals surface area contributed by atoms with Crippen LogP contribution in [0.4, 0.5) is 0 Å². The van der Waals surface area contributed by atoms with Crippen LogP contribution in [0.1, 0.15) is 22.3 Å². The first-order valence-corrected chi connectivity index (χ1v) is 23.3. The summed E-state index contributed by atoms with van der Waals surface area (Å²) in [7, 11) is 0. The Bertz CT molecular complexity index is 3970. The van der Waals surface area contributed by atoms with Crippen LogP contribution in [-0.2, 0) is 5.41 Å². The molecule has 1 atom stereocenters. The Morgan fingerprint density at radius 3 is 1.53 bits per heavy atom. The predicted octanol–water partition coefficient (Wildman–Crippen LogP) is 15.6. The lowest BCUT2D eigenvalue weighted by molar-refractivity contribution is 0.794. The van der Waals surface area contributed by atoms with Crippen LogP contribution in [0.5, 0.6) is 0 Å². The topological polar surface area (TPSA) is 43.6 Å². The summed E-state index contributed by atoms with van der Waals surface area (Å²) in [5, 5.41) is 1.02. The monoisotopic (exact) mass is 864 g/mol. The summed E-state index contributed by atoms with van der Waals surface area (Å²) in [5.74, 6) is 1.63. The fourth-order valence-corrected chi connectivity index (χ4v) is 11.4. The van der Waals surface area contributed by atoms with E-state index in [1.54, 1.807) is 0 Å². The van der Waals surface area contributed by atoms with Crippen molar-refractivity contribution in [1.82, 2.24) is 19.5 Å². The number of benzene rings is 10. The highest BCUT2D eigenvalue weighted by Gasteiger charge is 2.52. The second-order valence-corrected chi connectivity index (χ2v) is 17.8. The molecule has 4 nitrogen and oxygen atoms in total. The molecule has 0 N–H and O–H groups in total. The van der Waals surface area contributed by atoms with Gasteiger partial charge < -0.3 is 0 Å². The van der Waals surface area contributed by atoms with Gasteiger partial charge in [-0.3, -0.25) is 4.57 Å². The van der Waals surface area contributed by atoms with Crippen molar-refractivity contribution in [3.05, 3.63) is 265 Å². The molecule has 316 valence electrons. The smallest absolute Gasteiger partial charge is 0.160 e. The summed E-state index contributed by atoms with van der Waals surface area (Å²) in [5.41, 5.74) is 22.5. The van der Waals surface area contributed by atoms with Crippen molar-refractivity contribution >= 4 is 21.9 Å². The van der Waals surface area contributed by atoms with Gasteiger partial charge in [0.1, 0.15) is 5.82 Å². The third-order valence-corrected chi connectivity index (χ3v) is 14.2. The molecule has 1 spiro atoms. The Balaban J connectivity index is 0.967. The van der Waals surface area contributed by atoms with Gasteiger partial charge in [-0.2, -0.15) is 0 Å². The van der Waals surface area contributed by atoms with Gasteiger partial charge in [-0.25, -0.2) is 15.0 Å². The third-order valence-electron chi connectivity index (χ3n) is 14.2. The second-order valence-electron chi connectivity index (χ2n) is 17.8. The lowest BCUT2D eigenvalue weighted by atomic mass is 9.70. The van der Waals surface area contributed by atoms with Crippen molar-refractivity contribution in [3.8, 4) is 84.2 Å². The third kappa shape index (κ3) is 5.58. The normalized spacial score (nSPS) is 14.2. The van der Waals surface area contributed by atoms with Gasteiger partial charge in [0.15, 0.2) is 5.82 Å². The molecule has 0 saturated carbocycles. The summed E-state index contributed by atoms with van der Waals surface area (Å²) in [6.45, 7) is 0. The van der Waals surface area contributed by atoms with Gasteiger partial charge in [-0.05, 0) is 109 Å². The van der Waals surface area contributed by atoms with Crippen LogP contribution in [0.25, 0.3) is 106 Å². The van der Waals surface area contributed by atoms with Gasteiger partial charge in [0.2, 0.25) is 0 Å². The largest absolute Gasteiger partial charge is 0.292 e. The van der Waals surface area contributed by atoms with E-state index < -0.39 is 5.41 Å². The van der Waals surface area contributed by atoms with E-state index >= 15 is 0 Å². The molecule has 2 aliphatic carbocycles. The van der Waals surface area contributed by atoms with Crippen LogP contribution in [-0.4, -0.2) is 19.5 Å². The molecule has 2 aliphatic rings. The Morgan fingerprint density at radius 2 is 0.838 bits per heavy atom. The van der Waals surface area contributed by atoms with Crippen molar-refractivity contribution in [3.63, 3.8) is 0 Å². The molecule has 10 aromatic carbocycles. The maximum absolute atomic E-state index is 5.26. The SMILES string of the molecule is c1ccc(-c2nc(-c3ccccc3)c3ccc(-c4cccc5c4-c4ccccc4C54c5ccccc5-c5c(-c6cccc(-c7nc8ccccc8n7-c7ccccc7)c6)cccc54)cc3n2)cc1. The van der Waals surface area contributed by atoms with Crippen LogP contribution in [0.3, 0.4) is 0 Å². The minimum Gasteiger partial charge on any atom is -0.292 e. The van der Waals surface area contributed by atoms with E-state index in [4.69, 9.17) is 15.0 Å². The van der Waals surface area contributed by atoms with Gasteiger partial charge in [0, 0.05) is 27.8 Å². The van der Waals surface area contributed by atoms with Crippen LogP contribution in [0, 0.1) is 0 Å². The number of aromatic nitrogens is 4. The van der Waals surface area contributed by atoms with E-state index in [0.717, 1.165) is 67.0 Å². The molecule has 2 heterocycles. The molecular weight excluding hydrogens is 825 g/mol. The van der Waals surface area contributed by atoms with Crippen molar-refractivity contribution in [2.45, 2.75) is 5.41 Å². The van der Waals surface area contributed by atoms with Crippen molar-refractivity contribution in [1.29, 1.82) is 0 Å². The Labute approximate surface area is 394 Å². The molecule has 4 heteroatoms. The van der Waals surface area contributed by atoms with Gasteiger partial charge >= 0.3 is 0 Å². The highest BCUT2D eigenvalue weighted by molar-refractivity contribution is 6.04. The number of rotatable bonds is 6. The first-order chi connectivity index (χ1) is 33.7. The summed E-state index contributed by atoms with van der Waals surface area (Å²) in [6, 6.07) is 87.5. The molecular formula is C64H40N4. The Kier molecular flexibility index (Phi) is 8.46. The van der Waals surface area contributed by atoms with Crippen LogP contribution < -0.4 is 0 Å². The predicted molar refractivity (Wildman–Crippen MR) is 278 cm³/mol. The summed E-state index contributed by atoms with van der Waals surface area (Å²) < 4.78 is 2.28. The molecule has 0 saturated heterocycles. The first-order valence-electron chi connectivity index (χ1n) is 23.3. The molecule has 2 aromatic heterocycles. The highest BCUT2D eigenvalue weighted by Crippen LogP contribution is 2.65. The molecule has 0 radical (unpaired) electrons. The molecule has 0 bridgehead atoms. The van der Waals surface area contributed by atoms with E-state index in [2.05, 4.69) is 229 Å². The summed E-state index contributed by atoms with van der Waals surface area (Å²) in [6.07, 6.45) is 0. The van der Waals surface area contributed by atoms with Crippen molar-refractivity contribution < 1.29 is 0 Å². The summed E-state index contributed by atoms with van der Waals surface area (Å²) in [4.78, 5) is 15.7. The van der Waals surface area contributed by atoms with Crippen molar-refractivity contribution in [2.24, 2.45) is 0 Å². The van der Waals surface area contributed by atoms with Crippen LogP contribution >= 0.6 is 0 Å². The molecule has 12 aromatic rings. The molecule has 1 unspecified atom stereocenters. The fraction of sp³-hybridized carbons (Fsp3) is 0.0156. The Hall–Kier alpha value is -8.99. The molecule has 14 rings (SSSR count). The fourth-order valence-electron chi connectivity index (χ4n) is 11.4. The number of para-hydroxylation sites is 3.